The molecule has 1 aromatic heterocycles. The van der Waals surface area contributed by atoms with Crippen molar-refractivity contribution in [2.45, 2.75) is 18.3 Å². The second kappa shape index (κ2) is 4.57. The fraction of sp³-hybridized carbons (Fsp3) is 0.286. The van der Waals surface area contributed by atoms with Crippen LogP contribution >= 0.6 is 0 Å². The number of carbonyl (C=O) groups is 1. The van der Waals surface area contributed by atoms with Gasteiger partial charge in [0, 0.05) is 36.8 Å². The number of hydrogen-bond donors (Lipinski definition) is 1. The first kappa shape index (κ1) is 14.6. The normalized spacial score (nSPS) is 21.8. The highest BCUT2D eigenvalue weighted by Crippen LogP contribution is 2.39. The second-order valence-electron chi connectivity index (χ2n) is 5.10. The second-order valence-corrected chi connectivity index (χ2v) is 5.10. The molecule has 0 saturated heterocycles. The highest BCUT2D eigenvalue weighted by molar-refractivity contribution is 6.07. The highest BCUT2D eigenvalue weighted by Gasteiger charge is 2.61. The molecule has 1 aliphatic rings. The van der Waals surface area contributed by atoms with Crippen molar-refractivity contribution in [3.63, 3.8) is 0 Å². The first-order valence-corrected chi connectivity index (χ1v) is 6.46. The molecule has 2 heterocycles. The Hall–Kier alpha value is -2.35. The third-order valence-corrected chi connectivity index (χ3v) is 3.70. The Morgan fingerprint density at radius 1 is 1.36 bits per heavy atom. The maximum Gasteiger partial charge on any atom is 0.438 e. The van der Waals surface area contributed by atoms with Gasteiger partial charge in [0.05, 0.1) is 5.56 Å². The number of aliphatic hydroxyl groups is 1. The molecule has 0 saturated carbocycles. The minimum absolute atomic E-state index is 0.0554. The molecule has 0 aliphatic carbocycles. The Morgan fingerprint density at radius 3 is 2.73 bits per heavy atom. The summed E-state index contributed by atoms with van der Waals surface area (Å²) in [6.07, 6.45) is -3.47. The van der Waals surface area contributed by atoms with Gasteiger partial charge in [0.15, 0.2) is 0 Å². The molecule has 1 N–H and O–H groups in total. The SMILES string of the molecule is Cn1cc(C(=O)N2N=CCC2(O)C(F)(F)F)c2ccccc21. The van der Waals surface area contributed by atoms with Crippen LogP contribution < -0.4 is 0 Å². The average Bonchev–Trinajstić information content (AvgIpc) is 3.00. The quantitative estimate of drug-likeness (QED) is 0.878. The Kier molecular flexibility index (Phi) is 3.03. The molecule has 0 radical (unpaired) electrons. The van der Waals surface area contributed by atoms with Crippen LogP contribution in [0.1, 0.15) is 16.8 Å². The Balaban J connectivity index is 2.08. The van der Waals surface area contributed by atoms with E-state index in [2.05, 4.69) is 5.10 Å². The van der Waals surface area contributed by atoms with Crippen LogP contribution in [0.25, 0.3) is 10.9 Å². The maximum absolute atomic E-state index is 13.1. The third-order valence-electron chi connectivity index (χ3n) is 3.70. The van der Waals surface area contributed by atoms with Crippen LogP contribution in [0.5, 0.6) is 0 Å². The molecule has 116 valence electrons. The predicted octanol–water partition coefficient (Wildman–Crippen LogP) is 2.26. The van der Waals surface area contributed by atoms with Crippen molar-refractivity contribution >= 4 is 23.0 Å². The van der Waals surface area contributed by atoms with Crippen LogP contribution in [0.15, 0.2) is 35.6 Å². The van der Waals surface area contributed by atoms with Crippen LogP contribution in [0.4, 0.5) is 13.2 Å². The number of carbonyl (C=O) groups excluding carboxylic acids is 1. The number of para-hydroxylation sites is 1. The summed E-state index contributed by atoms with van der Waals surface area (Å²) in [7, 11) is 1.68. The fourth-order valence-electron chi connectivity index (χ4n) is 2.51. The van der Waals surface area contributed by atoms with Gasteiger partial charge in [-0.25, -0.2) is 0 Å². The van der Waals surface area contributed by atoms with E-state index < -0.39 is 24.2 Å². The molecule has 1 aliphatic heterocycles. The van der Waals surface area contributed by atoms with Gasteiger partial charge in [-0.05, 0) is 6.07 Å². The number of alkyl halides is 3. The number of halogens is 3. The smallest absolute Gasteiger partial charge is 0.362 e. The molecule has 2 aromatic rings. The van der Waals surface area contributed by atoms with Crippen LogP contribution in [-0.4, -0.2) is 38.7 Å². The van der Waals surface area contributed by atoms with Crippen molar-refractivity contribution in [1.29, 1.82) is 0 Å². The fourth-order valence-corrected chi connectivity index (χ4v) is 2.51. The Morgan fingerprint density at radius 2 is 2.05 bits per heavy atom. The molecule has 22 heavy (non-hydrogen) atoms. The van der Waals surface area contributed by atoms with E-state index in [0.717, 1.165) is 6.21 Å². The lowest BCUT2D eigenvalue weighted by atomic mass is 10.1. The minimum atomic E-state index is -5.00. The van der Waals surface area contributed by atoms with Crippen LogP contribution in [0.2, 0.25) is 0 Å². The van der Waals surface area contributed by atoms with Crippen molar-refractivity contribution in [2.75, 3.05) is 0 Å². The monoisotopic (exact) mass is 311 g/mol. The van der Waals surface area contributed by atoms with Gasteiger partial charge >= 0.3 is 6.18 Å². The lowest BCUT2D eigenvalue weighted by Crippen LogP contribution is -2.56. The molecule has 1 aromatic carbocycles. The van der Waals surface area contributed by atoms with Crippen molar-refractivity contribution in [3.8, 4) is 0 Å². The summed E-state index contributed by atoms with van der Waals surface area (Å²) in [4.78, 5) is 12.5. The lowest BCUT2D eigenvalue weighted by Gasteiger charge is -2.32. The molecule has 5 nitrogen and oxygen atoms in total. The first-order chi connectivity index (χ1) is 10.3. The number of hydrogen-bond acceptors (Lipinski definition) is 3. The third kappa shape index (κ3) is 1.91. The lowest BCUT2D eigenvalue weighted by molar-refractivity contribution is -0.297. The van der Waals surface area contributed by atoms with Crippen molar-refractivity contribution in [2.24, 2.45) is 12.1 Å². The summed E-state index contributed by atoms with van der Waals surface area (Å²) >= 11 is 0. The first-order valence-electron chi connectivity index (χ1n) is 6.46. The number of hydrazone groups is 1. The van der Waals surface area contributed by atoms with E-state index in [1.807, 2.05) is 0 Å². The number of fused-ring (bicyclic) bond motifs is 1. The van der Waals surface area contributed by atoms with Gasteiger partial charge in [0.25, 0.3) is 11.6 Å². The summed E-state index contributed by atoms with van der Waals surface area (Å²) in [6.45, 7) is 0. The molecule has 1 atom stereocenters. The highest BCUT2D eigenvalue weighted by atomic mass is 19.4. The van der Waals surface area contributed by atoms with Crippen LogP contribution in [-0.2, 0) is 7.05 Å². The van der Waals surface area contributed by atoms with Gasteiger partial charge in [-0.2, -0.15) is 23.3 Å². The van der Waals surface area contributed by atoms with Gasteiger partial charge in [0.2, 0.25) is 0 Å². The van der Waals surface area contributed by atoms with Gasteiger partial charge < -0.3 is 9.67 Å². The summed E-state index contributed by atoms with van der Waals surface area (Å²) in [5, 5.41) is 13.9. The largest absolute Gasteiger partial charge is 0.438 e. The molecule has 0 spiro atoms. The standard InChI is InChI=1S/C14H12F3N3O2/c1-19-8-10(9-4-2-3-5-11(9)19)12(21)20-13(22,6-7-18-20)14(15,16)17/h2-5,7-8,22H,6H2,1H3. The minimum Gasteiger partial charge on any atom is -0.362 e. The van der Waals surface area contributed by atoms with E-state index in [1.165, 1.54) is 6.20 Å². The topological polar surface area (TPSA) is 57.8 Å². The van der Waals surface area contributed by atoms with Crippen LogP contribution in [0, 0.1) is 0 Å². The summed E-state index contributed by atoms with van der Waals surface area (Å²) in [6, 6.07) is 6.82. The summed E-state index contributed by atoms with van der Waals surface area (Å²) in [5.41, 5.74) is -2.55. The molecular weight excluding hydrogens is 299 g/mol. The number of amides is 1. The number of benzene rings is 1. The molecule has 1 unspecified atom stereocenters. The van der Waals surface area contributed by atoms with Gasteiger partial charge in [0.1, 0.15) is 0 Å². The number of aromatic nitrogens is 1. The molecule has 1 amide bonds. The number of rotatable bonds is 1. The van der Waals surface area contributed by atoms with E-state index in [0.29, 0.717) is 10.9 Å². The van der Waals surface area contributed by atoms with Crippen molar-refractivity contribution in [1.82, 2.24) is 9.58 Å². The zero-order valence-corrected chi connectivity index (χ0v) is 11.5. The Bertz CT molecular complexity index is 781. The Labute approximate surface area is 123 Å². The van der Waals surface area contributed by atoms with E-state index in [-0.39, 0.29) is 10.6 Å². The van der Waals surface area contributed by atoms with E-state index in [1.54, 1.807) is 35.9 Å². The van der Waals surface area contributed by atoms with Gasteiger partial charge in [-0.1, -0.05) is 18.2 Å². The summed E-state index contributed by atoms with van der Waals surface area (Å²) in [5.74, 6) is -0.995. The van der Waals surface area contributed by atoms with Gasteiger partial charge in [-0.3, -0.25) is 4.79 Å². The van der Waals surface area contributed by atoms with E-state index >= 15 is 0 Å². The van der Waals surface area contributed by atoms with Crippen molar-refractivity contribution < 1.29 is 23.1 Å². The zero-order chi connectivity index (χ0) is 16.1. The molecule has 8 heteroatoms. The number of nitrogens with zero attached hydrogens (tertiary/aromatic N) is 3. The predicted molar refractivity (Wildman–Crippen MR) is 73.2 cm³/mol. The average molecular weight is 311 g/mol. The maximum atomic E-state index is 13.1. The molecular formula is C14H12F3N3O2. The van der Waals surface area contributed by atoms with Gasteiger partial charge in [-0.15, -0.1) is 0 Å². The molecule has 0 bridgehead atoms. The molecule has 0 fully saturated rings. The number of aryl methyl sites for hydroxylation is 1. The summed E-state index contributed by atoms with van der Waals surface area (Å²) < 4.78 is 40.8. The van der Waals surface area contributed by atoms with E-state index in [4.69, 9.17) is 0 Å². The zero-order valence-electron chi connectivity index (χ0n) is 11.5. The molecule has 3 rings (SSSR count). The van der Waals surface area contributed by atoms with E-state index in [9.17, 15) is 23.1 Å². The van der Waals surface area contributed by atoms with Crippen molar-refractivity contribution in [3.05, 3.63) is 36.0 Å². The van der Waals surface area contributed by atoms with Crippen LogP contribution in [0.3, 0.4) is 0 Å².